The molecular formula is C21H23F2N3O4. The summed E-state index contributed by atoms with van der Waals surface area (Å²) in [5, 5.41) is 2.54. The highest BCUT2D eigenvalue weighted by Crippen LogP contribution is 2.32. The number of urea groups is 1. The molecule has 2 aliphatic rings. The summed E-state index contributed by atoms with van der Waals surface area (Å²) < 4.78 is 43.3. The highest BCUT2D eigenvalue weighted by molar-refractivity contribution is 5.89. The zero-order chi connectivity index (χ0) is 20.9. The van der Waals surface area contributed by atoms with Crippen molar-refractivity contribution in [3.05, 3.63) is 53.6 Å². The molecule has 0 atom stereocenters. The van der Waals surface area contributed by atoms with Gasteiger partial charge in [0.05, 0.1) is 18.9 Å². The van der Waals surface area contributed by atoms with Gasteiger partial charge in [-0.15, -0.1) is 0 Å². The molecule has 1 N–H and O–H groups in total. The van der Waals surface area contributed by atoms with Crippen molar-refractivity contribution in [1.29, 1.82) is 0 Å². The first-order valence-electron chi connectivity index (χ1n) is 9.78. The summed E-state index contributed by atoms with van der Waals surface area (Å²) in [5.74, 6) is -0.225. The minimum Gasteiger partial charge on any atom is -0.454 e. The molecule has 1 fully saturated rings. The van der Waals surface area contributed by atoms with E-state index in [4.69, 9.17) is 14.2 Å². The summed E-state index contributed by atoms with van der Waals surface area (Å²) in [6.45, 7) is 4.48. The van der Waals surface area contributed by atoms with Gasteiger partial charge in [-0.25, -0.2) is 13.6 Å². The largest absolute Gasteiger partial charge is 0.454 e. The quantitative estimate of drug-likeness (QED) is 0.780. The maximum absolute atomic E-state index is 14.0. The molecule has 30 heavy (non-hydrogen) atoms. The number of nitrogens with zero attached hydrogens (tertiary/aromatic N) is 2. The number of nitrogens with one attached hydrogen (secondary N) is 1. The number of fused-ring (bicyclic) bond motifs is 1. The van der Waals surface area contributed by atoms with E-state index >= 15 is 0 Å². The van der Waals surface area contributed by atoms with Crippen LogP contribution in [0, 0.1) is 11.6 Å². The van der Waals surface area contributed by atoms with Crippen LogP contribution < -0.4 is 14.8 Å². The minimum atomic E-state index is -0.820. The molecule has 2 heterocycles. The number of amides is 2. The number of hydrogen-bond donors (Lipinski definition) is 1. The molecule has 0 spiro atoms. The van der Waals surface area contributed by atoms with Gasteiger partial charge in [0, 0.05) is 38.8 Å². The second-order valence-electron chi connectivity index (χ2n) is 7.12. The summed E-state index contributed by atoms with van der Waals surface area (Å²) >= 11 is 0. The molecule has 1 saturated heterocycles. The first-order valence-corrected chi connectivity index (χ1v) is 9.78. The van der Waals surface area contributed by atoms with Crippen LogP contribution in [-0.2, 0) is 11.3 Å². The summed E-state index contributed by atoms with van der Waals surface area (Å²) in [4.78, 5) is 16.7. The van der Waals surface area contributed by atoms with Crippen LogP contribution in [0.1, 0.15) is 5.56 Å². The predicted molar refractivity (Wildman–Crippen MR) is 106 cm³/mol. The van der Waals surface area contributed by atoms with Crippen LogP contribution in [0.15, 0.2) is 36.4 Å². The van der Waals surface area contributed by atoms with Crippen molar-refractivity contribution in [1.82, 2.24) is 9.80 Å². The topological polar surface area (TPSA) is 63.3 Å². The monoisotopic (exact) mass is 419 g/mol. The van der Waals surface area contributed by atoms with Crippen LogP contribution in [0.25, 0.3) is 0 Å². The van der Waals surface area contributed by atoms with Crippen molar-refractivity contribution in [2.24, 2.45) is 0 Å². The van der Waals surface area contributed by atoms with Gasteiger partial charge < -0.3 is 24.4 Å². The number of benzene rings is 2. The average Bonchev–Trinajstić information content (AvgIpc) is 3.21. The van der Waals surface area contributed by atoms with Gasteiger partial charge in [0.15, 0.2) is 11.5 Å². The van der Waals surface area contributed by atoms with E-state index in [2.05, 4.69) is 10.2 Å². The van der Waals surface area contributed by atoms with E-state index in [0.717, 1.165) is 30.8 Å². The first-order chi connectivity index (χ1) is 14.6. The number of hydrogen-bond acceptors (Lipinski definition) is 5. The Morgan fingerprint density at radius 3 is 2.67 bits per heavy atom. The molecule has 2 aromatic carbocycles. The van der Waals surface area contributed by atoms with E-state index in [1.165, 1.54) is 6.07 Å². The van der Waals surface area contributed by atoms with Gasteiger partial charge in [0.1, 0.15) is 11.6 Å². The molecule has 160 valence electrons. The molecule has 0 radical (unpaired) electrons. The lowest BCUT2D eigenvalue weighted by molar-refractivity contribution is 0.0349. The Balaban J connectivity index is 1.47. The Bertz CT molecular complexity index is 906. The number of anilines is 1. The molecule has 0 unspecified atom stereocenters. The highest BCUT2D eigenvalue weighted by Gasteiger charge is 2.20. The Morgan fingerprint density at radius 1 is 1.07 bits per heavy atom. The molecule has 2 aliphatic heterocycles. The Labute approximate surface area is 173 Å². The zero-order valence-corrected chi connectivity index (χ0v) is 16.4. The Morgan fingerprint density at radius 2 is 1.87 bits per heavy atom. The van der Waals surface area contributed by atoms with Crippen LogP contribution in [0.2, 0.25) is 0 Å². The highest BCUT2D eigenvalue weighted by atomic mass is 19.1. The maximum atomic E-state index is 14.0. The lowest BCUT2D eigenvalue weighted by atomic mass is 10.2. The second-order valence-corrected chi connectivity index (χ2v) is 7.12. The predicted octanol–water partition coefficient (Wildman–Crippen LogP) is 3.06. The minimum absolute atomic E-state index is 0.0662. The van der Waals surface area contributed by atoms with Crippen molar-refractivity contribution in [3.63, 3.8) is 0 Å². The fourth-order valence-electron chi connectivity index (χ4n) is 3.38. The molecular weight excluding hydrogens is 396 g/mol. The maximum Gasteiger partial charge on any atom is 0.322 e. The van der Waals surface area contributed by atoms with E-state index in [9.17, 15) is 13.6 Å². The third kappa shape index (κ3) is 4.98. The lowest BCUT2D eigenvalue weighted by Crippen LogP contribution is -2.44. The summed E-state index contributed by atoms with van der Waals surface area (Å²) in [6, 6.07) is 8.08. The summed E-state index contributed by atoms with van der Waals surface area (Å²) in [7, 11) is 0. The third-order valence-corrected chi connectivity index (χ3v) is 5.06. The third-order valence-electron chi connectivity index (χ3n) is 5.06. The molecule has 0 bridgehead atoms. The molecule has 0 aromatic heterocycles. The number of carbonyl (C=O) groups is 1. The van der Waals surface area contributed by atoms with Crippen LogP contribution in [0.4, 0.5) is 19.3 Å². The fraction of sp³-hybridized carbons (Fsp3) is 0.381. The van der Waals surface area contributed by atoms with E-state index in [-0.39, 0.29) is 12.5 Å². The summed E-state index contributed by atoms with van der Waals surface area (Å²) in [6.07, 6.45) is 0. The molecule has 4 rings (SSSR count). The first kappa shape index (κ1) is 20.4. The van der Waals surface area contributed by atoms with Gasteiger partial charge >= 0.3 is 6.03 Å². The van der Waals surface area contributed by atoms with Crippen molar-refractivity contribution in [2.75, 3.05) is 51.5 Å². The van der Waals surface area contributed by atoms with Crippen LogP contribution in [0.5, 0.6) is 11.5 Å². The van der Waals surface area contributed by atoms with E-state index in [1.54, 1.807) is 11.0 Å². The van der Waals surface area contributed by atoms with Gasteiger partial charge in [-0.1, -0.05) is 6.07 Å². The van der Waals surface area contributed by atoms with E-state index in [1.807, 2.05) is 12.1 Å². The van der Waals surface area contributed by atoms with Crippen molar-refractivity contribution in [2.45, 2.75) is 6.54 Å². The van der Waals surface area contributed by atoms with Gasteiger partial charge in [-0.3, -0.25) is 4.90 Å². The average molecular weight is 419 g/mol. The number of rotatable bonds is 6. The molecule has 2 amide bonds. The van der Waals surface area contributed by atoms with E-state index in [0.29, 0.717) is 44.3 Å². The van der Waals surface area contributed by atoms with Crippen LogP contribution >= 0.6 is 0 Å². The normalized spacial score (nSPS) is 15.8. The molecule has 2 aromatic rings. The second kappa shape index (κ2) is 9.27. The Kier molecular flexibility index (Phi) is 6.29. The molecule has 9 heteroatoms. The standard InChI is InChI=1S/C21H23F2N3O4/c22-16-2-3-18(17(23)12-16)24-21(27)26(6-5-25-7-9-28-10-8-25)13-15-1-4-19-20(11-15)30-14-29-19/h1-4,11-12H,5-10,13-14H2,(H,24,27). The smallest absolute Gasteiger partial charge is 0.322 e. The van der Waals surface area contributed by atoms with E-state index < -0.39 is 17.7 Å². The van der Waals surface area contributed by atoms with Crippen molar-refractivity contribution >= 4 is 11.7 Å². The van der Waals surface area contributed by atoms with Gasteiger partial charge in [0.2, 0.25) is 6.79 Å². The molecule has 7 nitrogen and oxygen atoms in total. The van der Waals surface area contributed by atoms with Gasteiger partial charge in [-0.05, 0) is 29.8 Å². The Hall–Kier alpha value is -2.91. The van der Waals surface area contributed by atoms with Crippen LogP contribution in [-0.4, -0.2) is 62.0 Å². The van der Waals surface area contributed by atoms with Crippen molar-refractivity contribution in [3.8, 4) is 11.5 Å². The van der Waals surface area contributed by atoms with Gasteiger partial charge in [0.25, 0.3) is 0 Å². The lowest BCUT2D eigenvalue weighted by Gasteiger charge is -2.30. The van der Waals surface area contributed by atoms with Crippen molar-refractivity contribution < 1.29 is 27.8 Å². The number of morpholine rings is 1. The zero-order valence-electron chi connectivity index (χ0n) is 16.4. The fourth-order valence-corrected chi connectivity index (χ4v) is 3.38. The number of halogens is 2. The number of ether oxygens (including phenoxy) is 3. The molecule has 0 aliphatic carbocycles. The van der Waals surface area contributed by atoms with Crippen LogP contribution in [0.3, 0.4) is 0 Å². The number of carbonyl (C=O) groups excluding carboxylic acids is 1. The van der Waals surface area contributed by atoms with Gasteiger partial charge in [-0.2, -0.15) is 0 Å². The SMILES string of the molecule is O=C(Nc1ccc(F)cc1F)N(CCN1CCOCC1)Cc1ccc2c(c1)OCO2. The summed E-state index contributed by atoms with van der Waals surface area (Å²) in [5.41, 5.74) is 0.791. The molecule has 0 saturated carbocycles.